The summed E-state index contributed by atoms with van der Waals surface area (Å²) in [7, 11) is 1.49. The Morgan fingerprint density at radius 2 is 2.23 bits per heavy atom. The van der Waals surface area contributed by atoms with Gasteiger partial charge in [0.25, 0.3) is 0 Å². The molecule has 0 aliphatic heterocycles. The molecule has 0 saturated heterocycles. The number of pyridine rings is 1. The average molecular weight is 178 g/mol. The number of amides is 2. The number of nitrogens with zero attached hydrogens (tertiary/aromatic N) is 3. The molecule has 0 unspecified atom stereocenters. The van der Waals surface area contributed by atoms with E-state index >= 15 is 0 Å². The lowest BCUT2D eigenvalue weighted by atomic mass is 10.3. The molecule has 1 aromatic rings. The number of hydrogen-bond acceptors (Lipinski definition) is 3. The standard InChI is InChI=1S/C8H10N4O/c1-12(8(9)13)11-6-7-2-4-10-5-3-7/h2-6H,1H3,(H2,9,13)/b11-6+. The molecule has 0 bridgehead atoms. The van der Waals surface area contributed by atoms with Crippen LogP contribution in [-0.2, 0) is 0 Å². The Morgan fingerprint density at radius 1 is 1.62 bits per heavy atom. The number of hydrogen-bond donors (Lipinski definition) is 1. The van der Waals surface area contributed by atoms with Gasteiger partial charge in [-0.25, -0.2) is 9.80 Å². The summed E-state index contributed by atoms with van der Waals surface area (Å²) >= 11 is 0. The number of urea groups is 1. The zero-order valence-electron chi connectivity index (χ0n) is 7.21. The molecular weight excluding hydrogens is 168 g/mol. The molecule has 0 aliphatic rings. The number of carbonyl (C=O) groups is 1. The quantitative estimate of drug-likeness (QED) is 0.526. The molecule has 1 heterocycles. The van der Waals surface area contributed by atoms with Gasteiger partial charge in [-0.1, -0.05) is 0 Å². The first-order chi connectivity index (χ1) is 6.20. The van der Waals surface area contributed by atoms with Gasteiger partial charge < -0.3 is 5.73 Å². The number of aromatic nitrogens is 1. The average Bonchev–Trinajstić information content (AvgIpc) is 2.15. The van der Waals surface area contributed by atoms with Crippen molar-refractivity contribution in [2.24, 2.45) is 10.8 Å². The fraction of sp³-hybridized carbons (Fsp3) is 0.125. The van der Waals surface area contributed by atoms with Crippen molar-refractivity contribution in [3.05, 3.63) is 30.1 Å². The second kappa shape index (κ2) is 4.20. The summed E-state index contributed by atoms with van der Waals surface area (Å²) in [6, 6.07) is 2.96. The van der Waals surface area contributed by atoms with Crippen LogP contribution in [0.3, 0.4) is 0 Å². The first kappa shape index (κ1) is 9.18. The van der Waals surface area contributed by atoms with Gasteiger partial charge in [0.1, 0.15) is 0 Å². The number of primary amides is 1. The molecule has 1 rings (SSSR count). The van der Waals surface area contributed by atoms with Crippen LogP contribution in [0.15, 0.2) is 29.6 Å². The van der Waals surface area contributed by atoms with E-state index in [-0.39, 0.29) is 0 Å². The summed E-state index contributed by atoms with van der Waals surface area (Å²) in [6.07, 6.45) is 4.82. The summed E-state index contributed by atoms with van der Waals surface area (Å²) in [5.41, 5.74) is 5.82. The summed E-state index contributed by atoms with van der Waals surface area (Å²) in [5.74, 6) is 0. The van der Waals surface area contributed by atoms with E-state index in [4.69, 9.17) is 5.73 Å². The Bertz CT molecular complexity index is 309. The summed E-state index contributed by atoms with van der Waals surface area (Å²) in [4.78, 5) is 14.4. The van der Waals surface area contributed by atoms with Crippen LogP contribution in [0.4, 0.5) is 4.79 Å². The van der Waals surface area contributed by atoms with Crippen molar-refractivity contribution in [3.63, 3.8) is 0 Å². The lowest BCUT2D eigenvalue weighted by molar-refractivity contribution is 0.220. The Morgan fingerprint density at radius 3 is 2.77 bits per heavy atom. The maximum absolute atomic E-state index is 10.5. The minimum absolute atomic E-state index is 0.592. The SMILES string of the molecule is CN(/N=C/c1ccncc1)C(N)=O. The van der Waals surface area contributed by atoms with Crippen molar-refractivity contribution in [3.8, 4) is 0 Å². The molecule has 2 N–H and O–H groups in total. The Hall–Kier alpha value is -1.91. The van der Waals surface area contributed by atoms with Crippen LogP contribution in [0.25, 0.3) is 0 Å². The van der Waals surface area contributed by atoms with Crippen LogP contribution in [0.5, 0.6) is 0 Å². The van der Waals surface area contributed by atoms with Crippen molar-refractivity contribution in [2.75, 3.05) is 7.05 Å². The van der Waals surface area contributed by atoms with Crippen LogP contribution in [0.2, 0.25) is 0 Å². The van der Waals surface area contributed by atoms with Crippen molar-refractivity contribution in [1.82, 2.24) is 9.99 Å². The highest BCUT2D eigenvalue weighted by Crippen LogP contribution is 1.92. The van der Waals surface area contributed by atoms with Gasteiger partial charge in [0.2, 0.25) is 0 Å². The van der Waals surface area contributed by atoms with E-state index in [9.17, 15) is 4.79 Å². The normalized spacial score (nSPS) is 10.2. The predicted octanol–water partition coefficient (Wildman–Crippen LogP) is 0.426. The molecule has 0 aliphatic carbocycles. The topological polar surface area (TPSA) is 71.6 Å². The maximum Gasteiger partial charge on any atom is 0.334 e. The van der Waals surface area contributed by atoms with Crippen molar-refractivity contribution >= 4 is 12.2 Å². The molecular formula is C8H10N4O. The molecule has 1 aromatic heterocycles. The molecule has 13 heavy (non-hydrogen) atoms. The molecule has 0 radical (unpaired) electrons. The van der Waals surface area contributed by atoms with Crippen LogP contribution >= 0.6 is 0 Å². The zero-order chi connectivity index (χ0) is 9.68. The fourth-order valence-corrected chi connectivity index (χ4v) is 0.660. The molecule has 0 aromatic carbocycles. The summed E-state index contributed by atoms with van der Waals surface area (Å²) in [5, 5.41) is 4.86. The number of nitrogens with two attached hydrogens (primary N) is 1. The summed E-state index contributed by atoms with van der Waals surface area (Å²) < 4.78 is 0. The van der Waals surface area contributed by atoms with Crippen LogP contribution < -0.4 is 5.73 Å². The Balaban J connectivity index is 2.64. The highest BCUT2D eigenvalue weighted by atomic mass is 16.2. The highest BCUT2D eigenvalue weighted by molar-refractivity contribution is 5.81. The fourth-order valence-electron chi connectivity index (χ4n) is 0.660. The van der Waals surface area contributed by atoms with Crippen LogP contribution in [0.1, 0.15) is 5.56 Å². The molecule has 0 fully saturated rings. The lowest BCUT2D eigenvalue weighted by Crippen LogP contribution is -2.27. The van der Waals surface area contributed by atoms with Crippen molar-refractivity contribution < 1.29 is 4.79 Å². The third-order valence-electron chi connectivity index (χ3n) is 1.41. The minimum Gasteiger partial charge on any atom is -0.350 e. The van der Waals surface area contributed by atoms with Crippen molar-refractivity contribution in [2.45, 2.75) is 0 Å². The molecule has 0 saturated carbocycles. The largest absolute Gasteiger partial charge is 0.350 e. The molecule has 68 valence electrons. The monoisotopic (exact) mass is 178 g/mol. The maximum atomic E-state index is 10.5. The third-order valence-corrected chi connectivity index (χ3v) is 1.41. The molecule has 5 heteroatoms. The zero-order valence-corrected chi connectivity index (χ0v) is 7.21. The van der Waals surface area contributed by atoms with E-state index < -0.39 is 6.03 Å². The lowest BCUT2D eigenvalue weighted by Gasteiger charge is -2.04. The van der Waals surface area contributed by atoms with Gasteiger partial charge in [0, 0.05) is 19.4 Å². The number of rotatable bonds is 2. The van der Waals surface area contributed by atoms with E-state index in [1.165, 1.54) is 13.3 Å². The number of hydrazone groups is 1. The van der Waals surface area contributed by atoms with Gasteiger partial charge >= 0.3 is 6.03 Å². The van der Waals surface area contributed by atoms with Crippen molar-refractivity contribution in [1.29, 1.82) is 0 Å². The first-order valence-electron chi connectivity index (χ1n) is 3.67. The summed E-state index contributed by atoms with van der Waals surface area (Å²) in [6.45, 7) is 0. The Kier molecular flexibility index (Phi) is 2.97. The molecule has 2 amide bonds. The van der Waals surface area contributed by atoms with Gasteiger partial charge in [-0.05, 0) is 17.7 Å². The third kappa shape index (κ3) is 2.90. The highest BCUT2D eigenvalue weighted by Gasteiger charge is 1.96. The van der Waals surface area contributed by atoms with E-state index in [1.54, 1.807) is 24.5 Å². The molecule has 0 atom stereocenters. The van der Waals surface area contributed by atoms with Crippen LogP contribution in [0, 0.1) is 0 Å². The van der Waals surface area contributed by atoms with Gasteiger partial charge in [-0.15, -0.1) is 0 Å². The Labute approximate surface area is 75.9 Å². The molecule has 0 spiro atoms. The van der Waals surface area contributed by atoms with E-state index in [1.807, 2.05) is 0 Å². The first-order valence-corrected chi connectivity index (χ1v) is 3.67. The van der Waals surface area contributed by atoms with Gasteiger partial charge in [0.05, 0.1) is 6.21 Å². The van der Waals surface area contributed by atoms with E-state index in [0.29, 0.717) is 0 Å². The van der Waals surface area contributed by atoms with Gasteiger partial charge in [0.15, 0.2) is 0 Å². The van der Waals surface area contributed by atoms with E-state index in [2.05, 4.69) is 10.1 Å². The predicted molar refractivity (Wildman–Crippen MR) is 49.2 cm³/mol. The van der Waals surface area contributed by atoms with Crippen LogP contribution in [-0.4, -0.2) is 29.3 Å². The van der Waals surface area contributed by atoms with E-state index in [0.717, 1.165) is 10.6 Å². The molecule has 5 nitrogen and oxygen atoms in total. The van der Waals surface area contributed by atoms with Gasteiger partial charge in [-0.3, -0.25) is 4.98 Å². The minimum atomic E-state index is -0.592. The second-order valence-corrected chi connectivity index (χ2v) is 2.39. The second-order valence-electron chi connectivity index (χ2n) is 2.39. The smallest absolute Gasteiger partial charge is 0.334 e. The number of carbonyl (C=O) groups excluding carboxylic acids is 1. The van der Waals surface area contributed by atoms with Gasteiger partial charge in [-0.2, -0.15) is 5.10 Å².